The van der Waals surface area contributed by atoms with E-state index in [4.69, 9.17) is 0 Å². The molecule has 7 nitrogen and oxygen atoms in total. The minimum atomic E-state index is -0.948. The van der Waals surface area contributed by atoms with E-state index in [0.29, 0.717) is 23.3 Å². The van der Waals surface area contributed by atoms with Gasteiger partial charge in [-0.1, -0.05) is 33.6 Å². The van der Waals surface area contributed by atoms with Gasteiger partial charge in [-0.05, 0) is 20.8 Å². The van der Waals surface area contributed by atoms with Crippen molar-refractivity contribution in [1.82, 2.24) is 21.3 Å². The van der Waals surface area contributed by atoms with Gasteiger partial charge in [0.05, 0.1) is 5.54 Å². The van der Waals surface area contributed by atoms with Crippen LogP contribution >= 0.6 is 0 Å². The van der Waals surface area contributed by atoms with Crippen LogP contribution in [0.15, 0.2) is 36.5 Å². The minimum absolute atomic E-state index is 0.105. The van der Waals surface area contributed by atoms with Gasteiger partial charge in [-0.15, -0.1) is 0 Å². The van der Waals surface area contributed by atoms with Gasteiger partial charge in [0, 0.05) is 42.4 Å². The molecule has 0 bridgehead atoms. The van der Waals surface area contributed by atoms with Gasteiger partial charge >= 0.3 is 0 Å². The van der Waals surface area contributed by atoms with E-state index in [-0.39, 0.29) is 36.9 Å². The van der Waals surface area contributed by atoms with Crippen LogP contribution in [-0.2, 0) is 14.4 Å². The highest BCUT2D eigenvalue weighted by molar-refractivity contribution is 5.94. The first-order chi connectivity index (χ1) is 11.9. The molecule has 0 aliphatic heterocycles. The fourth-order valence-corrected chi connectivity index (χ4v) is 1.87. The summed E-state index contributed by atoms with van der Waals surface area (Å²) in [7, 11) is 0. The highest BCUT2D eigenvalue weighted by Crippen LogP contribution is 2.06. The first-order valence-corrected chi connectivity index (χ1v) is 8.49. The third kappa shape index (κ3) is 8.62. The number of amides is 3. The molecule has 0 spiro atoms. The summed E-state index contributed by atoms with van der Waals surface area (Å²) in [5.74, 6) is -1.01. The molecule has 0 aromatic carbocycles. The van der Waals surface area contributed by atoms with Crippen molar-refractivity contribution in [3.63, 3.8) is 0 Å². The second kappa shape index (κ2) is 10.6. The average Bonchev–Trinajstić information content (AvgIpc) is 2.54. The smallest absolute Gasteiger partial charge is 0.246 e. The van der Waals surface area contributed by atoms with Gasteiger partial charge in [0.2, 0.25) is 17.7 Å². The zero-order chi connectivity index (χ0) is 20.5. The van der Waals surface area contributed by atoms with Crippen molar-refractivity contribution >= 4 is 17.7 Å². The number of carbonyl (C=O) groups is 3. The van der Waals surface area contributed by atoms with Crippen molar-refractivity contribution in [3.8, 4) is 0 Å². The van der Waals surface area contributed by atoms with Crippen LogP contribution < -0.4 is 21.3 Å². The zero-order valence-electron chi connectivity index (χ0n) is 16.5. The van der Waals surface area contributed by atoms with Crippen LogP contribution in [0.1, 0.15) is 34.6 Å². The molecule has 4 N–H and O–H groups in total. The average molecular weight is 364 g/mol. The topological polar surface area (TPSA) is 99.3 Å². The molecule has 0 saturated heterocycles. The molecule has 0 atom stereocenters. The lowest BCUT2D eigenvalue weighted by Crippen LogP contribution is -2.66. The molecule has 146 valence electrons. The van der Waals surface area contributed by atoms with Crippen LogP contribution in [0.4, 0.5) is 0 Å². The predicted molar refractivity (Wildman–Crippen MR) is 104 cm³/mol. The van der Waals surface area contributed by atoms with Crippen LogP contribution in [0.25, 0.3) is 0 Å². The fourth-order valence-electron chi connectivity index (χ4n) is 1.87. The van der Waals surface area contributed by atoms with Crippen LogP contribution in [-0.4, -0.2) is 48.9 Å². The van der Waals surface area contributed by atoms with E-state index < -0.39 is 5.54 Å². The molecular weight excluding hydrogens is 332 g/mol. The number of hydrogen-bond acceptors (Lipinski definition) is 4. The Kier molecular flexibility index (Phi) is 9.57. The lowest BCUT2D eigenvalue weighted by atomic mass is 9.97. The van der Waals surface area contributed by atoms with Gasteiger partial charge in [-0.2, -0.15) is 0 Å². The third-order valence-corrected chi connectivity index (χ3v) is 3.56. The summed E-state index contributed by atoms with van der Waals surface area (Å²) < 4.78 is 0. The Morgan fingerprint density at radius 1 is 0.769 bits per heavy atom. The first kappa shape index (κ1) is 23.6. The van der Waals surface area contributed by atoms with Crippen molar-refractivity contribution in [2.75, 3.05) is 19.6 Å². The molecule has 0 aliphatic rings. The quantitative estimate of drug-likeness (QED) is 0.408. The highest BCUT2D eigenvalue weighted by Gasteiger charge is 2.33. The summed E-state index contributed by atoms with van der Waals surface area (Å²) in [5.41, 5.74) is 0.0912. The summed E-state index contributed by atoms with van der Waals surface area (Å²) in [6.45, 7) is 20.1. The molecule has 3 amide bonds. The van der Waals surface area contributed by atoms with E-state index in [1.807, 2.05) is 13.8 Å². The number of hydrogen-bond donors (Lipinski definition) is 4. The van der Waals surface area contributed by atoms with Crippen molar-refractivity contribution in [1.29, 1.82) is 0 Å². The van der Waals surface area contributed by atoms with Crippen molar-refractivity contribution < 1.29 is 14.4 Å². The second-order valence-electron chi connectivity index (χ2n) is 6.98. The Balaban J connectivity index is 5.55. The maximum Gasteiger partial charge on any atom is 0.246 e. The van der Waals surface area contributed by atoms with Crippen LogP contribution in [0.5, 0.6) is 0 Å². The summed E-state index contributed by atoms with van der Waals surface area (Å²) in [5, 5.41) is 11.6. The Morgan fingerprint density at radius 2 is 1.15 bits per heavy atom. The molecule has 26 heavy (non-hydrogen) atoms. The molecule has 0 unspecified atom stereocenters. The second-order valence-corrected chi connectivity index (χ2v) is 6.98. The summed E-state index contributed by atoms with van der Waals surface area (Å²) in [6, 6.07) is 0.143. The molecule has 0 rings (SSSR count). The minimum Gasteiger partial charge on any atom is -0.350 e. The van der Waals surface area contributed by atoms with Gasteiger partial charge in [0.1, 0.15) is 0 Å². The van der Waals surface area contributed by atoms with Gasteiger partial charge in [-0.25, -0.2) is 0 Å². The fraction of sp³-hybridized carbons (Fsp3) is 0.526. The van der Waals surface area contributed by atoms with Crippen LogP contribution in [0.2, 0.25) is 0 Å². The number of carbonyl (C=O) groups excluding carboxylic acids is 3. The van der Waals surface area contributed by atoms with Gasteiger partial charge < -0.3 is 21.3 Å². The van der Waals surface area contributed by atoms with Crippen molar-refractivity contribution in [3.05, 3.63) is 36.5 Å². The largest absolute Gasteiger partial charge is 0.350 e. The summed E-state index contributed by atoms with van der Waals surface area (Å²) >= 11 is 0. The van der Waals surface area contributed by atoms with E-state index in [1.54, 1.807) is 20.8 Å². The SMILES string of the molecule is C=C(C)C(=O)NCC(CNC(=O)C(=C)C)(CNC(C)C)NC(=O)C(=C)C. The lowest BCUT2D eigenvalue weighted by molar-refractivity contribution is -0.122. The van der Waals surface area contributed by atoms with Crippen LogP contribution in [0, 0.1) is 0 Å². The predicted octanol–water partition coefficient (Wildman–Crippen LogP) is 0.800. The zero-order valence-corrected chi connectivity index (χ0v) is 16.5. The number of nitrogens with one attached hydrogen (secondary N) is 4. The van der Waals surface area contributed by atoms with E-state index in [2.05, 4.69) is 41.0 Å². The molecule has 0 heterocycles. The molecule has 7 heteroatoms. The third-order valence-electron chi connectivity index (χ3n) is 3.56. The first-order valence-electron chi connectivity index (χ1n) is 8.49. The Morgan fingerprint density at radius 3 is 1.46 bits per heavy atom. The molecule has 0 aromatic rings. The molecule has 0 aliphatic carbocycles. The lowest BCUT2D eigenvalue weighted by Gasteiger charge is -2.36. The Hall–Kier alpha value is -2.41. The summed E-state index contributed by atoms with van der Waals surface area (Å²) in [6.07, 6.45) is 0. The summed E-state index contributed by atoms with van der Waals surface area (Å²) in [4.78, 5) is 36.1. The molecular formula is C19H32N4O3. The van der Waals surface area contributed by atoms with E-state index in [9.17, 15) is 14.4 Å². The molecule has 0 saturated carbocycles. The number of rotatable bonds is 11. The van der Waals surface area contributed by atoms with Crippen LogP contribution in [0.3, 0.4) is 0 Å². The molecule has 0 fully saturated rings. The maximum atomic E-state index is 12.3. The van der Waals surface area contributed by atoms with Crippen molar-refractivity contribution in [2.24, 2.45) is 0 Å². The van der Waals surface area contributed by atoms with Gasteiger partial charge in [0.25, 0.3) is 0 Å². The highest BCUT2D eigenvalue weighted by atomic mass is 16.2. The van der Waals surface area contributed by atoms with Gasteiger partial charge in [-0.3, -0.25) is 14.4 Å². The van der Waals surface area contributed by atoms with Crippen molar-refractivity contribution in [2.45, 2.75) is 46.2 Å². The standard InChI is InChI=1S/C19H32N4O3/c1-12(2)16(24)21-10-19(9-20-15(7)8,23-18(26)14(5)6)11-22-17(25)13(3)4/h15,20H,1,3,5,9-11H2,2,4,6-8H3,(H,21,24)(H,22,25)(H,23,26). The Labute approximate surface area is 156 Å². The molecule has 0 radical (unpaired) electrons. The van der Waals surface area contributed by atoms with E-state index in [0.717, 1.165) is 0 Å². The van der Waals surface area contributed by atoms with E-state index in [1.165, 1.54) is 0 Å². The normalized spacial score (nSPS) is 10.8. The Bertz CT molecular complexity index is 564. The van der Waals surface area contributed by atoms with Gasteiger partial charge in [0.15, 0.2) is 0 Å². The molecule has 0 aromatic heterocycles. The monoisotopic (exact) mass is 364 g/mol. The maximum absolute atomic E-state index is 12.3. The van der Waals surface area contributed by atoms with E-state index >= 15 is 0 Å².